The molecule has 23 heavy (non-hydrogen) atoms. The van der Waals surface area contributed by atoms with Crippen molar-refractivity contribution in [3.8, 4) is 0 Å². The molecule has 0 amide bonds. The van der Waals surface area contributed by atoms with Crippen molar-refractivity contribution in [1.29, 1.82) is 0 Å². The summed E-state index contributed by atoms with van der Waals surface area (Å²) in [5.74, 6) is 1.92. The second-order valence-electron chi connectivity index (χ2n) is 10.8. The number of piperazine rings is 1. The molecule has 0 aromatic rings. The van der Waals surface area contributed by atoms with Crippen LogP contribution < -0.4 is 0 Å². The second-order valence-corrected chi connectivity index (χ2v) is 10.8. The first-order valence-electron chi connectivity index (χ1n) is 10.2. The van der Waals surface area contributed by atoms with Crippen LogP contribution in [0, 0.1) is 17.3 Å². The van der Waals surface area contributed by atoms with Crippen LogP contribution in [0.2, 0.25) is 0 Å². The largest absolute Gasteiger partial charge is 0.300 e. The summed E-state index contributed by atoms with van der Waals surface area (Å²) >= 11 is 0. The van der Waals surface area contributed by atoms with Gasteiger partial charge in [0, 0.05) is 37.3 Å². The Hall–Kier alpha value is -0.0800. The number of likely N-dealkylation sites (tertiary alicyclic amines) is 1. The van der Waals surface area contributed by atoms with Crippen molar-refractivity contribution < 1.29 is 0 Å². The average Bonchev–Trinajstić information content (AvgIpc) is 2.71. The van der Waals surface area contributed by atoms with Gasteiger partial charge in [0.25, 0.3) is 0 Å². The minimum absolute atomic E-state index is 0.350. The predicted octanol–water partition coefficient (Wildman–Crippen LogP) is 4.79. The molecule has 3 fully saturated rings. The van der Waals surface area contributed by atoms with Crippen molar-refractivity contribution in [2.45, 2.75) is 97.7 Å². The van der Waals surface area contributed by atoms with E-state index in [-0.39, 0.29) is 0 Å². The van der Waals surface area contributed by atoms with Crippen LogP contribution in [0.1, 0.15) is 80.1 Å². The zero-order valence-electron chi connectivity index (χ0n) is 16.6. The Bertz CT molecular complexity index is 381. The number of hydrogen-bond donors (Lipinski definition) is 0. The molecule has 2 nitrogen and oxygen atoms in total. The Morgan fingerprint density at radius 3 is 1.70 bits per heavy atom. The summed E-state index contributed by atoms with van der Waals surface area (Å²) < 4.78 is 0. The normalized spacial score (nSPS) is 37.3. The molecule has 3 rings (SSSR count). The van der Waals surface area contributed by atoms with Gasteiger partial charge in [-0.05, 0) is 76.5 Å². The second kappa shape index (κ2) is 6.33. The third kappa shape index (κ3) is 3.95. The predicted molar refractivity (Wildman–Crippen MR) is 99.7 cm³/mol. The van der Waals surface area contributed by atoms with E-state index in [2.05, 4.69) is 51.3 Å². The van der Waals surface area contributed by atoms with E-state index < -0.39 is 0 Å². The molecule has 2 saturated heterocycles. The van der Waals surface area contributed by atoms with Crippen molar-refractivity contribution in [3.63, 3.8) is 0 Å². The average molecular weight is 321 g/mol. The zero-order chi connectivity index (χ0) is 16.8. The lowest BCUT2D eigenvalue weighted by molar-refractivity contribution is -0.00634. The van der Waals surface area contributed by atoms with E-state index in [1.807, 2.05) is 0 Å². The van der Waals surface area contributed by atoms with Gasteiger partial charge in [-0.3, -0.25) is 9.80 Å². The highest BCUT2D eigenvalue weighted by Gasteiger charge is 2.45. The molecule has 0 radical (unpaired) electrons. The van der Waals surface area contributed by atoms with Gasteiger partial charge in [-0.25, -0.2) is 0 Å². The highest BCUT2D eigenvalue weighted by atomic mass is 15.4. The maximum atomic E-state index is 2.83. The molecule has 0 spiro atoms. The van der Waals surface area contributed by atoms with Gasteiger partial charge in [-0.2, -0.15) is 0 Å². The van der Waals surface area contributed by atoms with E-state index in [0.717, 1.165) is 23.9 Å². The summed E-state index contributed by atoms with van der Waals surface area (Å²) in [5.41, 5.74) is 0.866. The third-order valence-corrected chi connectivity index (χ3v) is 6.92. The number of hydrogen-bond acceptors (Lipinski definition) is 2. The van der Waals surface area contributed by atoms with Crippen molar-refractivity contribution in [2.24, 2.45) is 17.3 Å². The molecule has 2 heteroatoms. The minimum atomic E-state index is 0.350. The molecule has 2 unspecified atom stereocenters. The minimum Gasteiger partial charge on any atom is -0.300 e. The smallest absolute Gasteiger partial charge is 0.0232 e. The van der Waals surface area contributed by atoms with Crippen molar-refractivity contribution in [3.05, 3.63) is 0 Å². The summed E-state index contributed by atoms with van der Waals surface area (Å²) in [4.78, 5) is 5.66. The summed E-state index contributed by atoms with van der Waals surface area (Å²) in [6, 6.07) is 1.64. The maximum Gasteiger partial charge on any atom is 0.0232 e. The molecular formula is C21H40N2. The fourth-order valence-electron chi connectivity index (χ4n) is 5.81. The van der Waals surface area contributed by atoms with E-state index in [4.69, 9.17) is 0 Å². The lowest BCUT2D eigenvalue weighted by Gasteiger charge is -2.49. The fourth-order valence-corrected chi connectivity index (χ4v) is 5.81. The third-order valence-electron chi connectivity index (χ3n) is 6.92. The standard InChI is InChI=1S/C21H40N2/c1-20(2,3)17-9-7-16(8-10-17)13-22-14-18-11-12-19(15-22)23(18)21(4,5)6/h16-19H,7-15H2,1-6H3. The monoisotopic (exact) mass is 320 g/mol. The number of rotatable bonds is 2. The van der Waals surface area contributed by atoms with E-state index in [0.29, 0.717) is 11.0 Å². The Balaban J connectivity index is 1.50. The maximum absolute atomic E-state index is 2.83. The van der Waals surface area contributed by atoms with Crippen LogP contribution in [0.4, 0.5) is 0 Å². The molecule has 2 atom stereocenters. The summed E-state index contributed by atoms with van der Waals surface area (Å²) in [6.45, 7) is 18.5. The molecule has 2 heterocycles. The van der Waals surface area contributed by atoms with Crippen LogP contribution in [0.25, 0.3) is 0 Å². The van der Waals surface area contributed by atoms with Gasteiger partial charge in [0.1, 0.15) is 0 Å². The molecular weight excluding hydrogens is 280 g/mol. The molecule has 0 N–H and O–H groups in total. The van der Waals surface area contributed by atoms with E-state index in [1.165, 1.54) is 58.2 Å². The summed E-state index contributed by atoms with van der Waals surface area (Å²) in [7, 11) is 0. The Kier molecular flexibility index (Phi) is 4.88. The molecule has 2 bridgehead atoms. The van der Waals surface area contributed by atoms with Gasteiger partial charge in [-0.15, -0.1) is 0 Å². The number of fused-ring (bicyclic) bond motifs is 2. The molecule has 1 aliphatic carbocycles. The lowest BCUT2D eigenvalue weighted by atomic mass is 9.70. The van der Waals surface area contributed by atoms with Crippen LogP contribution in [0.3, 0.4) is 0 Å². The van der Waals surface area contributed by atoms with Crippen LogP contribution in [-0.4, -0.2) is 47.1 Å². The first kappa shape index (κ1) is 17.7. The zero-order valence-corrected chi connectivity index (χ0v) is 16.6. The van der Waals surface area contributed by atoms with Gasteiger partial charge in [0.2, 0.25) is 0 Å². The van der Waals surface area contributed by atoms with Gasteiger partial charge in [0.05, 0.1) is 0 Å². The van der Waals surface area contributed by atoms with Crippen molar-refractivity contribution in [2.75, 3.05) is 19.6 Å². The Morgan fingerprint density at radius 1 is 0.739 bits per heavy atom. The number of nitrogens with zero attached hydrogens (tertiary/aromatic N) is 2. The van der Waals surface area contributed by atoms with Crippen LogP contribution in [0.15, 0.2) is 0 Å². The summed E-state index contributed by atoms with van der Waals surface area (Å²) in [5, 5.41) is 0. The highest BCUT2D eigenvalue weighted by Crippen LogP contribution is 2.41. The quantitative estimate of drug-likeness (QED) is 0.722. The lowest BCUT2D eigenvalue weighted by Crippen LogP contribution is -2.60. The molecule has 134 valence electrons. The molecule has 2 aliphatic heterocycles. The van der Waals surface area contributed by atoms with Gasteiger partial charge >= 0.3 is 0 Å². The van der Waals surface area contributed by atoms with E-state index in [9.17, 15) is 0 Å². The van der Waals surface area contributed by atoms with Gasteiger partial charge < -0.3 is 0 Å². The Morgan fingerprint density at radius 2 is 1.26 bits per heavy atom. The SMILES string of the molecule is CC(C)(C)C1CCC(CN2CC3CCC(C2)N3C(C)(C)C)CC1. The highest BCUT2D eigenvalue weighted by molar-refractivity contribution is 5.01. The fraction of sp³-hybridized carbons (Fsp3) is 1.00. The Labute approximate surface area is 145 Å². The molecule has 1 saturated carbocycles. The molecule has 0 aromatic carbocycles. The van der Waals surface area contributed by atoms with Crippen LogP contribution in [0.5, 0.6) is 0 Å². The molecule has 3 aliphatic rings. The van der Waals surface area contributed by atoms with Gasteiger partial charge in [-0.1, -0.05) is 20.8 Å². The van der Waals surface area contributed by atoms with Gasteiger partial charge in [0.15, 0.2) is 0 Å². The van der Waals surface area contributed by atoms with E-state index in [1.54, 1.807) is 0 Å². The first-order valence-corrected chi connectivity index (χ1v) is 10.2. The van der Waals surface area contributed by atoms with Crippen molar-refractivity contribution >= 4 is 0 Å². The topological polar surface area (TPSA) is 6.48 Å². The van der Waals surface area contributed by atoms with Crippen molar-refractivity contribution in [1.82, 2.24) is 9.80 Å². The van der Waals surface area contributed by atoms with Crippen LogP contribution in [-0.2, 0) is 0 Å². The first-order chi connectivity index (χ1) is 10.6. The van der Waals surface area contributed by atoms with Crippen LogP contribution >= 0.6 is 0 Å². The summed E-state index contributed by atoms with van der Waals surface area (Å²) in [6.07, 6.45) is 8.71. The van der Waals surface area contributed by atoms with E-state index >= 15 is 0 Å². The molecule has 0 aromatic heterocycles.